The van der Waals surface area contributed by atoms with Gasteiger partial charge in [-0.25, -0.2) is 17.2 Å². The molecule has 0 N–H and O–H groups in total. The average molecular weight is 376 g/mol. The Balaban J connectivity index is 1.90. The van der Waals surface area contributed by atoms with Crippen LogP contribution in [0.1, 0.15) is 19.3 Å². The summed E-state index contributed by atoms with van der Waals surface area (Å²) < 4.78 is 54.9. The van der Waals surface area contributed by atoms with Gasteiger partial charge in [-0.2, -0.15) is 16.1 Å². The highest BCUT2D eigenvalue weighted by Crippen LogP contribution is 2.27. The monoisotopic (exact) mass is 376 g/mol. The van der Waals surface area contributed by atoms with Crippen LogP contribution in [-0.2, 0) is 10.0 Å². The zero-order chi connectivity index (χ0) is 17.2. The summed E-state index contributed by atoms with van der Waals surface area (Å²) in [7, 11) is -4.05. The maximum Gasteiger partial charge on any atom is 0.246 e. The summed E-state index contributed by atoms with van der Waals surface area (Å²) in [6.45, 7) is 2.96. The van der Waals surface area contributed by atoms with Gasteiger partial charge in [0.1, 0.15) is 16.5 Å². The molecule has 0 aromatic heterocycles. The van der Waals surface area contributed by atoms with Crippen molar-refractivity contribution in [3.05, 3.63) is 29.8 Å². The van der Waals surface area contributed by atoms with Crippen molar-refractivity contribution in [1.82, 2.24) is 9.21 Å². The molecule has 0 bridgehead atoms. The number of rotatable bonds is 4. The molecule has 0 radical (unpaired) electrons. The lowest BCUT2D eigenvalue weighted by Gasteiger charge is -2.31. The second-order valence-corrected chi connectivity index (χ2v) is 9.29. The van der Waals surface area contributed by atoms with Gasteiger partial charge in [0.05, 0.1) is 0 Å². The highest BCUT2D eigenvalue weighted by molar-refractivity contribution is 7.99. The van der Waals surface area contributed by atoms with Crippen LogP contribution in [0.5, 0.6) is 0 Å². The molecule has 2 saturated heterocycles. The fraction of sp³-hybridized carbons (Fsp3) is 0.625. The fourth-order valence-electron chi connectivity index (χ4n) is 3.33. The first kappa shape index (κ1) is 18.1. The topological polar surface area (TPSA) is 40.6 Å². The molecular weight excluding hydrogens is 354 g/mol. The molecule has 2 heterocycles. The Morgan fingerprint density at radius 3 is 2.62 bits per heavy atom. The minimum absolute atomic E-state index is 0.205. The number of halogens is 2. The standard InChI is InChI=1S/C16H22F2N2O2S2/c17-13-4-5-15(18)16(10-13)24(21,22)20-8-3-9-23-12-14(20)11-19-6-1-2-7-19/h4-5,10,14H,1-3,6-9,11-12H2. The molecule has 0 amide bonds. The van der Waals surface area contributed by atoms with Crippen molar-refractivity contribution in [1.29, 1.82) is 0 Å². The lowest BCUT2D eigenvalue weighted by Crippen LogP contribution is -2.47. The van der Waals surface area contributed by atoms with E-state index < -0.39 is 26.6 Å². The van der Waals surface area contributed by atoms with Crippen LogP contribution in [-0.4, -0.2) is 61.3 Å². The molecule has 24 heavy (non-hydrogen) atoms. The number of likely N-dealkylation sites (tertiary alicyclic amines) is 1. The molecule has 1 atom stereocenters. The van der Waals surface area contributed by atoms with Crippen molar-refractivity contribution in [3.63, 3.8) is 0 Å². The van der Waals surface area contributed by atoms with Gasteiger partial charge in [-0.05, 0) is 56.3 Å². The molecule has 4 nitrogen and oxygen atoms in total. The van der Waals surface area contributed by atoms with Crippen molar-refractivity contribution in [3.8, 4) is 0 Å². The third-order valence-corrected chi connectivity index (χ3v) is 7.70. The molecule has 2 aliphatic rings. The molecule has 1 aromatic rings. The molecule has 134 valence electrons. The molecule has 0 saturated carbocycles. The van der Waals surface area contributed by atoms with Crippen LogP contribution < -0.4 is 0 Å². The van der Waals surface area contributed by atoms with E-state index in [1.54, 1.807) is 11.8 Å². The van der Waals surface area contributed by atoms with Crippen molar-refractivity contribution in [2.45, 2.75) is 30.2 Å². The minimum atomic E-state index is -4.05. The molecule has 2 fully saturated rings. The molecule has 0 aliphatic carbocycles. The highest BCUT2D eigenvalue weighted by Gasteiger charge is 2.35. The smallest absolute Gasteiger partial charge is 0.246 e. The van der Waals surface area contributed by atoms with E-state index >= 15 is 0 Å². The second kappa shape index (κ2) is 7.68. The SMILES string of the molecule is O=S(=O)(c1cc(F)ccc1F)N1CCCSCC1CN1CCCC1. The van der Waals surface area contributed by atoms with Gasteiger partial charge in [-0.1, -0.05) is 0 Å². The molecule has 8 heteroatoms. The quantitative estimate of drug-likeness (QED) is 0.810. The van der Waals surface area contributed by atoms with Crippen LogP contribution in [0.2, 0.25) is 0 Å². The summed E-state index contributed by atoms with van der Waals surface area (Å²) in [6, 6.07) is 2.40. The first-order chi connectivity index (χ1) is 11.5. The maximum atomic E-state index is 14.1. The fourth-order valence-corrected chi connectivity index (χ4v) is 6.22. The van der Waals surface area contributed by atoms with Crippen LogP contribution in [0.25, 0.3) is 0 Å². The van der Waals surface area contributed by atoms with Crippen molar-refractivity contribution >= 4 is 21.8 Å². The van der Waals surface area contributed by atoms with Gasteiger partial charge in [0.25, 0.3) is 0 Å². The Morgan fingerprint density at radius 2 is 1.88 bits per heavy atom. The highest BCUT2D eigenvalue weighted by atomic mass is 32.2. The predicted molar refractivity (Wildman–Crippen MR) is 91.7 cm³/mol. The summed E-state index contributed by atoms with van der Waals surface area (Å²) in [5.41, 5.74) is 0. The van der Waals surface area contributed by atoms with E-state index in [-0.39, 0.29) is 6.04 Å². The summed E-state index contributed by atoms with van der Waals surface area (Å²) in [4.78, 5) is 1.71. The van der Waals surface area contributed by atoms with Gasteiger partial charge in [0.2, 0.25) is 10.0 Å². The lowest BCUT2D eigenvalue weighted by atomic mass is 10.3. The summed E-state index contributed by atoms with van der Waals surface area (Å²) in [6.07, 6.45) is 2.98. The van der Waals surface area contributed by atoms with Crippen molar-refractivity contribution < 1.29 is 17.2 Å². The summed E-state index contributed by atoms with van der Waals surface area (Å²) in [5, 5.41) is 0. The summed E-state index contributed by atoms with van der Waals surface area (Å²) in [5.74, 6) is -0.0654. The number of nitrogens with zero attached hydrogens (tertiary/aromatic N) is 2. The van der Waals surface area contributed by atoms with Gasteiger partial charge in [-0.3, -0.25) is 0 Å². The van der Waals surface area contributed by atoms with E-state index in [0.29, 0.717) is 18.8 Å². The zero-order valence-corrected chi connectivity index (χ0v) is 15.1. The molecule has 2 aliphatic heterocycles. The Kier molecular flexibility index (Phi) is 5.79. The number of hydrogen-bond donors (Lipinski definition) is 0. The maximum absolute atomic E-state index is 14.1. The summed E-state index contributed by atoms with van der Waals surface area (Å²) >= 11 is 1.73. The van der Waals surface area contributed by atoms with Crippen LogP contribution in [0.4, 0.5) is 8.78 Å². The first-order valence-corrected chi connectivity index (χ1v) is 10.8. The lowest BCUT2D eigenvalue weighted by molar-refractivity contribution is 0.243. The Morgan fingerprint density at radius 1 is 1.12 bits per heavy atom. The first-order valence-electron chi connectivity index (χ1n) is 8.25. The minimum Gasteiger partial charge on any atom is -0.302 e. The van der Waals surface area contributed by atoms with E-state index in [4.69, 9.17) is 0 Å². The molecule has 0 spiro atoms. The van der Waals surface area contributed by atoms with Crippen molar-refractivity contribution in [2.75, 3.05) is 37.7 Å². The van der Waals surface area contributed by atoms with E-state index in [0.717, 1.165) is 56.3 Å². The Bertz CT molecular complexity index is 679. The molecule has 3 rings (SSSR count). The van der Waals surface area contributed by atoms with Gasteiger partial charge in [-0.15, -0.1) is 0 Å². The van der Waals surface area contributed by atoms with Gasteiger partial charge in [0.15, 0.2) is 0 Å². The van der Waals surface area contributed by atoms with E-state index in [1.807, 2.05) is 0 Å². The number of benzene rings is 1. The largest absolute Gasteiger partial charge is 0.302 e. The third-order valence-electron chi connectivity index (χ3n) is 4.53. The Labute approximate surface area is 146 Å². The van der Waals surface area contributed by atoms with Gasteiger partial charge >= 0.3 is 0 Å². The number of thioether (sulfide) groups is 1. The average Bonchev–Trinajstić information content (AvgIpc) is 2.93. The number of sulfonamides is 1. The normalized spacial score (nSPS) is 24.2. The van der Waals surface area contributed by atoms with E-state index in [1.165, 1.54) is 4.31 Å². The third kappa shape index (κ3) is 3.92. The zero-order valence-electron chi connectivity index (χ0n) is 13.5. The van der Waals surface area contributed by atoms with E-state index in [2.05, 4.69) is 4.90 Å². The van der Waals surface area contributed by atoms with Crippen LogP contribution in [0.15, 0.2) is 23.1 Å². The van der Waals surface area contributed by atoms with Gasteiger partial charge in [0, 0.05) is 24.9 Å². The Hall–Kier alpha value is -0.700. The van der Waals surface area contributed by atoms with Crippen molar-refractivity contribution in [2.24, 2.45) is 0 Å². The van der Waals surface area contributed by atoms with E-state index in [9.17, 15) is 17.2 Å². The molecular formula is C16H22F2N2O2S2. The van der Waals surface area contributed by atoms with Crippen LogP contribution >= 0.6 is 11.8 Å². The predicted octanol–water partition coefficient (Wildman–Crippen LogP) is 2.56. The molecule has 1 aromatic carbocycles. The number of hydrogen-bond acceptors (Lipinski definition) is 4. The second-order valence-electron chi connectivity index (χ2n) is 6.28. The molecule has 1 unspecified atom stereocenters. The van der Waals surface area contributed by atoms with Crippen LogP contribution in [0.3, 0.4) is 0 Å². The van der Waals surface area contributed by atoms with Crippen LogP contribution in [0, 0.1) is 11.6 Å². The van der Waals surface area contributed by atoms with Gasteiger partial charge < -0.3 is 4.90 Å².